The standard InChI is InChI=1S/C12H20BrNS/c1-3-7-14-11(4-2)5-6-12-8-10(13)9-15-12/h8-9,11,14H,3-7H2,1-2H3. The quantitative estimate of drug-likeness (QED) is 0.792. The van der Waals surface area contributed by atoms with Gasteiger partial charge in [0.25, 0.3) is 0 Å². The molecule has 0 amide bonds. The Bertz CT molecular complexity index is 272. The number of rotatable bonds is 7. The third-order valence-electron chi connectivity index (χ3n) is 2.54. The van der Waals surface area contributed by atoms with E-state index in [1.807, 2.05) is 11.3 Å². The Morgan fingerprint density at radius 2 is 2.27 bits per heavy atom. The second-order valence-electron chi connectivity index (χ2n) is 3.83. The molecule has 0 spiro atoms. The van der Waals surface area contributed by atoms with Crippen LogP contribution in [0.3, 0.4) is 0 Å². The molecule has 0 aliphatic carbocycles. The fraction of sp³-hybridized carbons (Fsp3) is 0.667. The van der Waals surface area contributed by atoms with Crippen LogP contribution in [0.5, 0.6) is 0 Å². The van der Waals surface area contributed by atoms with Crippen molar-refractivity contribution in [3.05, 3.63) is 20.8 Å². The number of halogens is 1. The topological polar surface area (TPSA) is 12.0 Å². The first-order valence-corrected chi connectivity index (χ1v) is 7.39. The molecule has 0 fully saturated rings. The molecule has 3 heteroatoms. The fourth-order valence-electron chi connectivity index (χ4n) is 1.60. The number of hydrogen-bond acceptors (Lipinski definition) is 2. The molecular weight excluding hydrogens is 270 g/mol. The average Bonchev–Trinajstić information content (AvgIpc) is 2.65. The summed E-state index contributed by atoms with van der Waals surface area (Å²) in [4.78, 5) is 1.48. The molecular formula is C12H20BrNS. The van der Waals surface area contributed by atoms with E-state index in [1.165, 1.54) is 35.0 Å². The fourth-order valence-corrected chi connectivity index (χ4v) is 3.07. The van der Waals surface area contributed by atoms with E-state index < -0.39 is 0 Å². The third-order valence-corrected chi connectivity index (χ3v) is 4.29. The zero-order valence-electron chi connectivity index (χ0n) is 9.55. The molecule has 0 aliphatic heterocycles. The van der Waals surface area contributed by atoms with Crippen LogP contribution in [-0.2, 0) is 6.42 Å². The van der Waals surface area contributed by atoms with Gasteiger partial charge in [0.1, 0.15) is 0 Å². The number of aryl methyl sites for hydroxylation is 1. The van der Waals surface area contributed by atoms with Crippen molar-refractivity contribution < 1.29 is 0 Å². The van der Waals surface area contributed by atoms with Crippen molar-refractivity contribution in [1.82, 2.24) is 5.32 Å². The molecule has 1 N–H and O–H groups in total. The summed E-state index contributed by atoms with van der Waals surface area (Å²) in [6, 6.07) is 2.92. The summed E-state index contributed by atoms with van der Waals surface area (Å²) in [5.41, 5.74) is 0. The molecule has 1 heterocycles. The van der Waals surface area contributed by atoms with Crippen molar-refractivity contribution in [3.63, 3.8) is 0 Å². The minimum atomic E-state index is 0.686. The van der Waals surface area contributed by atoms with Gasteiger partial charge in [-0.2, -0.15) is 0 Å². The molecule has 0 saturated heterocycles. The Labute approximate surface area is 105 Å². The highest BCUT2D eigenvalue weighted by Gasteiger charge is 2.06. The van der Waals surface area contributed by atoms with Gasteiger partial charge in [0.2, 0.25) is 0 Å². The van der Waals surface area contributed by atoms with Gasteiger partial charge in [-0.15, -0.1) is 11.3 Å². The summed E-state index contributed by atoms with van der Waals surface area (Å²) < 4.78 is 1.22. The highest BCUT2D eigenvalue weighted by molar-refractivity contribution is 9.10. The maximum atomic E-state index is 3.59. The van der Waals surface area contributed by atoms with Crippen LogP contribution in [-0.4, -0.2) is 12.6 Å². The van der Waals surface area contributed by atoms with Gasteiger partial charge in [0.15, 0.2) is 0 Å². The van der Waals surface area contributed by atoms with Crippen LogP contribution >= 0.6 is 27.3 Å². The van der Waals surface area contributed by atoms with E-state index in [0.717, 1.165) is 6.54 Å². The third kappa shape index (κ3) is 5.14. The first-order chi connectivity index (χ1) is 7.26. The van der Waals surface area contributed by atoms with Gasteiger partial charge < -0.3 is 5.32 Å². The Kier molecular flexibility index (Phi) is 6.53. The first kappa shape index (κ1) is 13.2. The summed E-state index contributed by atoms with van der Waals surface area (Å²) in [5.74, 6) is 0. The van der Waals surface area contributed by atoms with Gasteiger partial charge >= 0.3 is 0 Å². The molecule has 0 saturated carbocycles. The monoisotopic (exact) mass is 289 g/mol. The van der Waals surface area contributed by atoms with Crippen molar-refractivity contribution in [2.45, 2.75) is 45.6 Å². The van der Waals surface area contributed by atoms with Crippen LogP contribution in [0.25, 0.3) is 0 Å². The summed E-state index contributed by atoms with van der Waals surface area (Å²) >= 11 is 5.34. The molecule has 0 radical (unpaired) electrons. The zero-order chi connectivity index (χ0) is 11.1. The van der Waals surface area contributed by atoms with Crippen molar-refractivity contribution in [3.8, 4) is 0 Å². The van der Waals surface area contributed by atoms with Gasteiger partial charge in [-0.25, -0.2) is 0 Å². The Morgan fingerprint density at radius 3 is 2.80 bits per heavy atom. The van der Waals surface area contributed by atoms with E-state index in [-0.39, 0.29) is 0 Å². The predicted molar refractivity (Wildman–Crippen MR) is 72.7 cm³/mol. The molecule has 1 nitrogen and oxygen atoms in total. The molecule has 1 aromatic heterocycles. The van der Waals surface area contributed by atoms with Crippen molar-refractivity contribution >= 4 is 27.3 Å². The largest absolute Gasteiger partial charge is 0.314 e. The van der Waals surface area contributed by atoms with E-state index in [1.54, 1.807) is 0 Å². The van der Waals surface area contributed by atoms with Crippen LogP contribution in [0.2, 0.25) is 0 Å². The summed E-state index contributed by atoms with van der Waals surface area (Å²) in [6.45, 7) is 5.63. The normalized spacial score (nSPS) is 13.0. The Hall–Kier alpha value is 0.140. The van der Waals surface area contributed by atoms with E-state index in [0.29, 0.717) is 6.04 Å². The van der Waals surface area contributed by atoms with Gasteiger partial charge in [0, 0.05) is 20.8 Å². The van der Waals surface area contributed by atoms with E-state index >= 15 is 0 Å². The predicted octanol–water partition coefficient (Wildman–Crippen LogP) is 4.22. The summed E-state index contributed by atoms with van der Waals surface area (Å²) in [5, 5.41) is 5.75. The lowest BCUT2D eigenvalue weighted by Gasteiger charge is -2.15. The molecule has 86 valence electrons. The minimum Gasteiger partial charge on any atom is -0.314 e. The second-order valence-corrected chi connectivity index (χ2v) is 5.74. The first-order valence-electron chi connectivity index (χ1n) is 5.72. The van der Waals surface area contributed by atoms with E-state index in [2.05, 4.69) is 46.5 Å². The van der Waals surface area contributed by atoms with Gasteiger partial charge in [-0.3, -0.25) is 0 Å². The second kappa shape index (κ2) is 7.42. The van der Waals surface area contributed by atoms with Crippen molar-refractivity contribution in [2.75, 3.05) is 6.54 Å². The van der Waals surface area contributed by atoms with Crippen LogP contribution in [0.1, 0.15) is 38.0 Å². The van der Waals surface area contributed by atoms with Crippen LogP contribution in [0.4, 0.5) is 0 Å². The molecule has 0 aromatic carbocycles. The Morgan fingerprint density at radius 1 is 1.47 bits per heavy atom. The zero-order valence-corrected chi connectivity index (χ0v) is 12.0. The summed E-state index contributed by atoms with van der Waals surface area (Å²) in [6.07, 6.45) is 4.91. The minimum absolute atomic E-state index is 0.686. The SMILES string of the molecule is CCCNC(CC)CCc1cc(Br)cs1. The maximum absolute atomic E-state index is 3.59. The number of nitrogens with one attached hydrogen (secondary N) is 1. The number of hydrogen-bond donors (Lipinski definition) is 1. The highest BCUT2D eigenvalue weighted by Crippen LogP contribution is 2.21. The Balaban J connectivity index is 2.27. The molecule has 1 aromatic rings. The molecule has 1 unspecified atom stereocenters. The maximum Gasteiger partial charge on any atom is 0.0285 e. The van der Waals surface area contributed by atoms with Gasteiger partial charge in [-0.05, 0) is 54.2 Å². The molecule has 1 rings (SSSR count). The summed E-state index contributed by atoms with van der Waals surface area (Å²) in [7, 11) is 0. The van der Waals surface area contributed by atoms with E-state index in [9.17, 15) is 0 Å². The average molecular weight is 290 g/mol. The molecule has 15 heavy (non-hydrogen) atoms. The molecule has 1 atom stereocenters. The lowest BCUT2D eigenvalue weighted by atomic mass is 10.1. The van der Waals surface area contributed by atoms with Crippen LogP contribution in [0.15, 0.2) is 15.9 Å². The smallest absolute Gasteiger partial charge is 0.0285 e. The highest BCUT2D eigenvalue weighted by atomic mass is 79.9. The lowest BCUT2D eigenvalue weighted by Crippen LogP contribution is -2.29. The van der Waals surface area contributed by atoms with Crippen LogP contribution in [0, 0.1) is 0 Å². The van der Waals surface area contributed by atoms with Crippen molar-refractivity contribution in [2.24, 2.45) is 0 Å². The molecule has 0 aliphatic rings. The van der Waals surface area contributed by atoms with Gasteiger partial charge in [-0.1, -0.05) is 13.8 Å². The van der Waals surface area contributed by atoms with Crippen molar-refractivity contribution in [1.29, 1.82) is 0 Å². The van der Waals surface area contributed by atoms with Gasteiger partial charge in [0.05, 0.1) is 0 Å². The molecule has 0 bridgehead atoms. The van der Waals surface area contributed by atoms with Crippen LogP contribution < -0.4 is 5.32 Å². The number of thiophene rings is 1. The van der Waals surface area contributed by atoms with E-state index in [4.69, 9.17) is 0 Å². The lowest BCUT2D eigenvalue weighted by molar-refractivity contribution is 0.469.